The summed E-state index contributed by atoms with van der Waals surface area (Å²) in [6.45, 7) is 2.28. The lowest BCUT2D eigenvalue weighted by atomic mass is 9.99. The predicted octanol–water partition coefficient (Wildman–Crippen LogP) is 7.74. The number of allylic oxidation sites excluding steroid dienone is 4. The SMILES string of the molecule is CCCCCCC1=C(c2scc3cc4ccccc4cc23)CC=C1. The molecule has 1 aliphatic carbocycles. The van der Waals surface area contributed by atoms with Crippen molar-refractivity contribution in [2.75, 3.05) is 0 Å². The Hall–Kier alpha value is -1.86. The molecule has 0 bridgehead atoms. The van der Waals surface area contributed by atoms with Crippen LogP contribution in [0.2, 0.25) is 0 Å². The maximum atomic E-state index is 2.39. The highest BCUT2D eigenvalue weighted by Gasteiger charge is 2.16. The van der Waals surface area contributed by atoms with Crippen molar-refractivity contribution in [3.8, 4) is 0 Å². The lowest BCUT2D eigenvalue weighted by Crippen LogP contribution is -1.86. The molecule has 0 nitrogen and oxygen atoms in total. The average molecular weight is 333 g/mol. The van der Waals surface area contributed by atoms with Gasteiger partial charge in [-0.1, -0.05) is 62.6 Å². The van der Waals surface area contributed by atoms with Crippen LogP contribution in [0.1, 0.15) is 50.3 Å². The van der Waals surface area contributed by atoms with Crippen molar-refractivity contribution in [3.05, 3.63) is 64.4 Å². The van der Waals surface area contributed by atoms with E-state index in [1.807, 2.05) is 11.3 Å². The summed E-state index contributed by atoms with van der Waals surface area (Å²) in [7, 11) is 0. The molecular weight excluding hydrogens is 308 g/mol. The van der Waals surface area contributed by atoms with Crippen molar-refractivity contribution in [1.82, 2.24) is 0 Å². The molecule has 0 atom stereocenters. The van der Waals surface area contributed by atoms with Gasteiger partial charge in [0.2, 0.25) is 0 Å². The van der Waals surface area contributed by atoms with Gasteiger partial charge in [0.05, 0.1) is 0 Å². The molecule has 3 aromatic rings. The van der Waals surface area contributed by atoms with Gasteiger partial charge in [-0.3, -0.25) is 0 Å². The summed E-state index contributed by atoms with van der Waals surface area (Å²) in [6.07, 6.45) is 12.4. The number of benzene rings is 2. The van der Waals surface area contributed by atoms with Crippen molar-refractivity contribution in [3.63, 3.8) is 0 Å². The molecule has 0 aliphatic heterocycles. The van der Waals surface area contributed by atoms with Crippen LogP contribution in [-0.4, -0.2) is 0 Å². The van der Waals surface area contributed by atoms with Gasteiger partial charge < -0.3 is 0 Å². The zero-order valence-electron chi connectivity index (χ0n) is 14.3. The molecule has 1 aliphatic rings. The topological polar surface area (TPSA) is 0 Å². The summed E-state index contributed by atoms with van der Waals surface area (Å²) in [5.41, 5.74) is 3.14. The fourth-order valence-electron chi connectivity index (χ4n) is 3.74. The Labute approximate surface area is 148 Å². The van der Waals surface area contributed by atoms with E-state index in [2.05, 4.69) is 60.9 Å². The smallest absolute Gasteiger partial charge is 0.0387 e. The van der Waals surface area contributed by atoms with E-state index in [4.69, 9.17) is 0 Å². The zero-order chi connectivity index (χ0) is 16.4. The normalized spacial score (nSPS) is 14.4. The Morgan fingerprint density at radius 1 is 0.958 bits per heavy atom. The van der Waals surface area contributed by atoms with E-state index >= 15 is 0 Å². The highest BCUT2D eigenvalue weighted by molar-refractivity contribution is 7.12. The van der Waals surface area contributed by atoms with Crippen molar-refractivity contribution < 1.29 is 0 Å². The molecule has 4 rings (SSSR count). The van der Waals surface area contributed by atoms with Crippen molar-refractivity contribution in [2.45, 2.75) is 45.4 Å². The van der Waals surface area contributed by atoms with Gasteiger partial charge in [0, 0.05) is 10.3 Å². The first-order valence-corrected chi connectivity index (χ1v) is 10.0. The van der Waals surface area contributed by atoms with Gasteiger partial charge >= 0.3 is 0 Å². The first-order valence-electron chi connectivity index (χ1n) is 9.16. The molecule has 0 radical (unpaired) electrons. The molecule has 0 unspecified atom stereocenters. The van der Waals surface area contributed by atoms with E-state index in [-0.39, 0.29) is 0 Å². The van der Waals surface area contributed by atoms with Gasteiger partial charge in [0.1, 0.15) is 0 Å². The molecule has 0 amide bonds. The second kappa shape index (κ2) is 6.94. The molecule has 0 N–H and O–H groups in total. The number of unbranched alkanes of at least 4 members (excludes halogenated alkanes) is 3. The minimum Gasteiger partial charge on any atom is -0.143 e. The van der Waals surface area contributed by atoms with Crippen LogP contribution in [0, 0.1) is 0 Å². The average Bonchev–Trinajstić information content (AvgIpc) is 3.22. The van der Waals surface area contributed by atoms with Gasteiger partial charge in [-0.15, -0.1) is 11.3 Å². The van der Waals surface area contributed by atoms with Gasteiger partial charge in [-0.25, -0.2) is 0 Å². The van der Waals surface area contributed by atoms with Crippen LogP contribution in [0.4, 0.5) is 0 Å². The summed E-state index contributed by atoms with van der Waals surface area (Å²) < 4.78 is 0. The zero-order valence-corrected chi connectivity index (χ0v) is 15.2. The third kappa shape index (κ3) is 2.93. The molecule has 0 saturated heterocycles. The highest BCUT2D eigenvalue weighted by atomic mass is 32.1. The molecule has 24 heavy (non-hydrogen) atoms. The van der Waals surface area contributed by atoms with E-state index in [9.17, 15) is 0 Å². The number of thiophene rings is 1. The van der Waals surface area contributed by atoms with Crippen molar-refractivity contribution in [2.24, 2.45) is 0 Å². The molecule has 0 spiro atoms. The fraction of sp³-hybridized carbons (Fsp3) is 0.304. The number of hydrogen-bond acceptors (Lipinski definition) is 1. The van der Waals surface area contributed by atoms with E-state index in [1.54, 1.807) is 11.1 Å². The second-order valence-corrected chi connectivity index (χ2v) is 7.65. The molecule has 1 aromatic heterocycles. The lowest BCUT2D eigenvalue weighted by molar-refractivity contribution is 0.669. The van der Waals surface area contributed by atoms with Crippen molar-refractivity contribution in [1.29, 1.82) is 0 Å². The number of rotatable bonds is 6. The molecule has 1 heteroatoms. The Bertz CT molecular complexity index is 924. The van der Waals surface area contributed by atoms with Gasteiger partial charge in [-0.2, -0.15) is 0 Å². The third-order valence-corrected chi connectivity index (χ3v) is 6.14. The molecule has 0 saturated carbocycles. The summed E-state index contributed by atoms with van der Waals surface area (Å²) in [4.78, 5) is 1.49. The molecule has 0 fully saturated rings. The molecular formula is C23H24S. The van der Waals surface area contributed by atoms with Crippen LogP contribution in [0.15, 0.2) is 59.5 Å². The summed E-state index contributed by atoms with van der Waals surface area (Å²) in [6, 6.07) is 13.4. The van der Waals surface area contributed by atoms with Crippen LogP contribution in [0.25, 0.3) is 27.1 Å². The monoisotopic (exact) mass is 332 g/mol. The molecule has 2 aromatic carbocycles. The Balaban J connectivity index is 1.71. The van der Waals surface area contributed by atoms with Crippen LogP contribution in [0.3, 0.4) is 0 Å². The third-order valence-electron chi connectivity index (χ3n) is 5.07. The van der Waals surface area contributed by atoms with E-state index < -0.39 is 0 Å². The van der Waals surface area contributed by atoms with Crippen LogP contribution in [0.5, 0.6) is 0 Å². The predicted molar refractivity (Wildman–Crippen MR) is 109 cm³/mol. The summed E-state index contributed by atoms with van der Waals surface area (Å²) >= 11 is 1.92. The van der Waals surface area contributed by atoms with E-state index in [1.165, 1.54) is 58.5 Å². The standard InChI is InChI=1S/C23H24S/c1-2-3-4-5-9-17-12-8-13-21(17)23-22-15-19-11-7-6-10-18(19)14-20(22)16-24-23/h6-8,10-12,14-16H,2-5,9,13H2,1H3. The van der Waals surface area contributed by atoms with Crippen LogP contribution >= 0.6 is 11.3 Å². The quantitative estimate of drug-likeness (QED) is 0.405. The minimum absolute atomic E-state index is 1.10. The molecule has 1 heterocycles. The highest BCUT2D eigenvalue weighted by Crippen LogP contribution is 2.40. The number of fused-ring (bicyclic) bond motifs is 2. The Kier molecular flexibility index (Phi) is 4.53. The number of hydrogen-bond donors (Lipinski definition) is 0. The maximum Gasteiger partial charge on any atom is 0.0387 e. The van der Waals surface area contributed by atoms with Gasteiger partial charge in [0.15, 0.2) is 0 Å². The maximum absolute atomic E-state index is 2.39. The van der Waals surface area contributed by atoms with E-state index in [0.29, 0.717) is 0 Å². The fourth-order valence-corrected chi connectivity index (χ4v) is 4.84. The summed E-state index contributed by atoms with van der Waals surface area (Å²) in [5, 5.41) is 7.84. The Morgan fingerprint density at radius 3 is 2.62 bits per heavy atom. The Morgan fingerprint density at radius 2 is 1.79 bits per heavy atom. The minimum atomic E-state index is 1.10. The van der Waals surface area contributed by atoms with Crippen molar-refractivity contribution >= 4 is 38.5 Å². The van der Waals surface area contributed by atoms with E-state index in [0.717, 1.165) is 6.42 Å². The summed E-state index contributed by atoms with van der Waals surface area (Å²) in [5.74, 6) is 0. The van der Waals surface area contributed by atoms with Crippen LogP contribution in [-0.2, 0) is 0 Å². The largest absolute Gasteiger partial charge is 0.143 e. The second-order valence-electron chi connectivity index (χ2n) is 6.77. The first kappa shape index (κ1) is 15.7. The van der Waals surface area contributed by atoms with Gasteiger partial charge in [0.25, 0.3) is 0 Å². The van der Waals surface area contributed by atoms with Gasteiger partial charge in [-0.05, 0) is 64.1 Å². The lowest BCUT2D eigenvalue weighted by Gasteiger charge is -2.07. The first-order chi connectivity index (χ1) is 11.9. The van der Waals surface area contributed by atoms with Crippen LogP contribution < -0.4 is 0 Å². The molecule has 122 valence electrons.